The van der Waals surface area contributed by atoms with Crippen LogP contribution in [-0.2, 0) is 16.0 Å². The second kappa shape index (κ2) is 9.68. The van der Waals surface area contributed by atoms with Crippen LogP contribution in [0.1, 0.15) is 28.5 Å². The van der Waals surface area contributed by atoms with E-state index in [1.807, 2.05) is 12.1 Å². The van der Waals surface area contributed by atoms with Crippen LogP contribution in [0, 0.1) is 5.82 Å². The average Bonchev–Trinajstić information content (AvgIpc) is 3.25. The molecule has 1 aromatic heterocycles. The van der Waals surface area contributed by atoms with Crippen molar-refractivity contribution in [1.29, 1.82) is 0 Å². The van der Waals surface area contributed by atoms with E-state index in [4.69, 9.17) is 21.1 Å². The van der Waals surface area contributed by atoms with Gasteiger partial charge in [-0.2, -0.15) is 0 Å². The van der Waals surface area contributed by atoms with E-state index in [0.29, 0.717) is 22.8 Å². The topological polar surface area (TPSA) is 76.0 Å². The Kier molecular flexibility index (Phi) is 6.93. The third-order valence-electron chi connectivity index (χ3n) is 5.45. The van der Waals surface area contributed by atoms with E-state index in [9.17, 15) is 19.4 Å². The molecule has 1 aliphatic rings. The van der Waals surface area contributed by atoms with Crippen LogP contribution in [-0.4, -0.2) is 41.9 Å². The van der Waals surface area contributed by atoms with Crippen LogP contribution >= 0.6 is 22.9 Å². The van der Waals surface area contributed by atoms with Crippen molar-refractivity contribution in [3.8, 4) is 16.2 Å². The summed E-state index contributed by atoms with van der Waals surface area (Å²) in [6, 6.07) is 13.7. The number of rotatable bonds is 6. The Bertz CT molecular complexity index is 1110. The smallest absolute Gasteiger partial charge is 0.166 e. The Morgan fingerprint density at radius 2 is 1.97 bits per heavy atom. The van der Waals surface area contributed by atoms with Crippen molar-refractivity contribution in [2.24, 2.45) is 0 Å². The average molecular weight is 477 g/mol. The molecule has 2 N–H and O–H groups in total. The highest BCUT2D eigenvalue weighted by atomic mass is 35.5. The largest absolute Gasteiger partial charge is 0.496 e. The molecule has 32 heavy (non-hydrogen) atoms. The minimum absolute atomic E-state index is 0.0434. The molecule has 1 saturated heterocycles. The van der Waals surface area contributed by atoms with Gasteiger partial charge in [0.15, 0.2) is 5.78 Å². The lowest BCUT2D eigenvalue weighted by molar-refractivity contribution is -0.163. The quantitative estimate of drug-likeness (QED) is 0.545. The van der Waals surface area contributed by atoms with Crippen molar-refractivity contribution in [1.82, 2.24) is 0 Å². The first-order valence-corrected chi connectivity index (χ1v) is 11.3. The minimum atomic E-state index is -1.35. The molecular formula is C24H22ClFO5S. The fraction of sp³-hybridized carbons (Fsp3) is 0.292. The Balaban J connectivity index is 1.64. The van der Waals surface area contributed by atoms with Crippen LogP contribution in [0.2, 0.25) is 5.02 Å². The van der Waals surface area contributed by atoms with Gasteiger partial charge >= 0.3 is 0 Å². The number of ketones is 1. The molecule has 2 aromatic carbocycles. The molecule has 3 aromatic rings. The Morgan fingerprint density at radius 1 is 1.22 bits per heavy atom. The zero-order valence-corrected chi connectivity index (χ0v) is 18.8. The molecule has 0 bridgehead atoms. The van der Waals surface area contributed by atoms with E-state index in [0.717, 1.165) is 20.9 Å². The molecule has 1 aliphatic heterocycles. The van der Waals surface area contributed by atoms with Gasteiger partial charge in [0, 0.05) is 33.2 Å². The summed E-state index contributed by atoms with van der Waals surface area (Å²) in [7, 11) is 1.48. The second-order valence-corrected chi connectivity index (χ2v) is 9.19. The maximum Gasteiger partial charge on any atom is 0.166 e. The fourth-order valence-corrected chi connectivity index (χ4v) is 5.03. The number of Topliss-reactive ketones (excluding diaryl/α,β-unsaturated/α-hetero) is 1. The van der Waals surface area contributed by atoms with E-state index in [2.05, 4.69) is 0 Å². The SMILES string of the molecule is COc1cc(Cl)c(Cc2ccc(-c3ccc(F)cc3)s2)cc1[C@@H]1O[C@H](CO)CC(=O)[C@@H]1O. The molecule has 5 nitrogen and oxygen atoms in total. The molecule has 0 amide bonds. The van der Waals surface area contributed by atoms with E-state index < -0.39 is 18.3 Å². The van der Waals surface area contributed by atoms with Crippen LogP contribution in [0.15, 0.2) is 48.5 Å². The number of ether oxygens (including phenoxy) is 2. The number of halogens is 2. The molecule has 2 heterocycles. The number of aliphatic hydroxyl groups excluding tert-OH is 2. The third kappa shape index (κ3) is 4.72. The number of carbonyl (C=O) groups excluding carboxylic acids is 1. The van der Waals surface area contributed by atoms with Crippen molar-refractivity contribution < 1.29 is 28.9 Å². The van der Waals surface area contributed by atoms with Gasteiger partial charge in [-0.1, -0.05) is 23.7 Å². The van der Waals surface area contributed by atoms with Gasteiger partial charge in [-0.15, -0.1) is 11.3 Å². The predicted molar refractivity (Wildman–Crippen MR) is 121 cm³/mol. The number of carbonyl (C=O) groups is 1. The first-order valence-electron chi connectivity index (χ1n) is 10.1. The molecule has 3 atom stereocenters. The van der Waals surface area contributed by atoms with Gasteiger partial charge in [0.1, 0.15) is 23.8 Å². The van der Waals surface area contributed by atoms with Crippen LogP contribution in [0.25, 0.3) is 10.4 Å². The van der Waals surface area contributed by atoms with Crippen molar-refractivity contribution >= 4 is 28.7 Å². The van der Waals surface area contributed by atoms with Gasteiger partial charge in [0.25, 0.3) is 0 Å². The summed E-state index contributed by atoms with van der Waals surface area (Å²) in [4.78, 5) is 14.3. The summed E-state index contributed by atoms with van der Waals surface area (Å²) in [5.74, 6) is -0.273. The maximum atomic E-state index is 13.2. The van der Waals surface area contributed by atoms with Crippen molar-refractivity contribution in [3.63, 3.8) is 0 Å². The van der Waals surface area contributed by atoms with E-state index in [1.54, 1.807) is 35.6 Å². The molecule has 1 fully saturated rings. The number of hydrogen-bond acceptors (Lipinski definition) is 6. The molecule has 4 rings (SSSR count). The molecular weight excluding hydrogens is 455 g/mol. The molecule has 0 unspecified atom stereocenters. The monoisotopic (exact) mass is 476 g/mol. The fourth-order valence-electron chi connectivity index (χ4n) is 3.78. The van der Waals surface area contributed by atoms with Gasteiger partial charge in [0.05, 0.1) is 19.8 Å². The molecule has 0 radical (unpaired) electrons. The van der Waals surface area contributed by atoms with Crippen LogP contribution < -0.4 is 4.74 Å². The molecule has 0 saturated carbocycles. The van der Waals surface area contributed by atoms with Crippen molar-refractivity contribution in [2.75, 3.05) is 13.7 Å². The highest BCUT2D eigenvalue weighted by Gasteiger charge is 2.38. The summed E-state index contributed by atoms with van der Waals surface area (Å²) < 4.78 is 24.4. The van der Waals surface area contributed by atoms with Crippen molar-refractivity contribution in [3.05, 3.63) is 75.4 Å². The lowest BCUT2D eigenvalue weighted by atomic mass is 9.92. The number of thiophene rings is 1. The van der Waals surface area contributed by atoms with Crippen LogP contribution in [0.3, 0.4) is 0 Å². The van der Waals surface area contributed by atoms with E-state index in [1.165, 1.54) is 19.2 Å². The molecule has 0 aliphatic carbocycles. The lowest BCUT2D eigenvalue weighted by Gasteiger charge is -2.33. The predicted octanol–water partition coefficient (Wildman–Crippen LogP) is 4.56. The standard InChI is InChI=1S/C24H22ClFO5S/c1-30-21-11-19(25)14(9-18(21)24-23(29)20(28)10-16(12-27)31-24)8-17-6-7-22(32-17)13-2-4-15(26)5-3-13/h2-7,9,11,16,23-24,27,29H,8,10,12H2,1H3/t16-,23-,24-/m0/s1. The van der Waals surface area contributed by atoms with Crippen LogP contribution in [0.4, 0.5) is 4.39 Å². The zero-order valence-electron chi connectivity index (χ0n) is 17.3. The van der Waals surface area contributed by atoms with E-state index in [-0.39, 0.29) is 24.6 Å². The zero-order chi connectivity index (χ0) is 22.8. The second-order valence-electron chi connectivity index (χ2n) is 7.61. The first kappa shape index (κ1) is 22.9. The number of aliphatic hydroxyl groups is 2. The molecule has 0 spiro atoms. The third-order valence-corrected chi connectivity index (χ3v) is 6.93. The van der Waals surface area contributed by atoms with Gasteiger partial charge in [-0.05, 0) is 47.5 Å². The minimum Gasteiger partial charge on any atom is -0.496 e. The first-order chi connectivity index (χ1) is 15.4. The van der Waals surface area contributed by atoms with Crippen LogP contribution in [0.5, 0.6) is 5.75 Å². The summed E-state index contributed by atoms with van der Waals surface area (Å²) in [5, 5.41) is 20.4. The summed E-state index contributed by atoms with van der Waals surface area (Å²) >= 11 is 8.08. The van der Waals surface area contributed by atoms with Gasteiger partial charge < -0.3 is 19.7 Å². The highest BCUT2D eigenvalue weighted by Crippen LogP contribution is 2.39. The van der Waals surface area contributed by atoms with Gasteiger partial charge in [0.2, 0.25) is 0 Å². The lowest BCUT2D eigenvalue weighted by Crippen LogP contribution is -2.41. The molecule has 8 heteroatoms. The summed E-state index contributed by atoms with van der Waals surface area (Å²) in [6.45, 7) is -0.320. The maximum absolute atomic E-state index is 13.2. The Morgan fingerprint density at radius 3 is 2.66 bits per heavy atom. The highest BCUT2D eigenvalue weighted by molar-refractivity contribution is 7.15. The number of benzene rings is 2. The number of hydrogen-bond donors (Lipinski definition) is 2. The normalized spacial score (nSPS) is 21.0. The Hall–Kier alpha value is -2.29. The van der Waals surface area contributed by atoms with E-state index >= 15 is 0 Å². The summed E-state index contributed by atoms with van der Waals surface area (Å²) in [5.41, 5.74) is 2.21. The van der Waals surface area contributed by atoms with Gasteiger partial charge in [-0.25, -0.2) is 4.39 Å². The molecule has 168 valence electrons. The number of methoxy groups -OCH3 is 1. The Labute approximate surface area is 194 Å². The van der Waals surface area contributed by atoms with Gasteiger partial charge in [-0.3, -0.25) is 4.79 Å². The van der Waals surface area contributed by atoms with Crippen molar-refractivity contribution in [2.45, 2.75) is 31.2 Å². The summed E-state index contributed by atoms with van der Waals surface area (Å²) in [6.07, 6.45) is -2.53.